The SMILES string of the molecule is COc1ccccc1NC(=O)C1CCC2C3CCC4NC(=O)C=C[C@]4(C)C3CC[C@]12C. The number of rotatable bonds is 3. The van der Waals surface area contributed by atoms with Crippen LogP contribution >= 0.6 is 0 Å². The summed E-state index contributed by atoms with van der Waals surface area (Å²) in [6.07, 6.45) is 10.4. The summed E-state index contributed by atoms with van der Waals surface area (Å²) in [5.74, 6) is 2.71. The highest BCUT2D eigenvalue weighted by Gasteiger charge is 2.60. The minimum absolute atomic E-state index is 0.0375. The Morgan fingerprint density at radius 3 is 2.71 bits per heavy atom. The van der Waals surface area contributed by atoms with E-state index in [1.165, 1.54) is 0 Å². The summed E-state index contributed by atoms with van der Waals surface area (Å²) in [5.41, 5.74) is 0.834. The van der Waals surface area contributed by atoms with Gasteiger partial charge in [-0.15, -0.1) is 0 Å². The predicted octanol–water partition coefficient (Wildman–Crippen LogP) is 4.55. The summed E-state index contributed by atoms with van der Waals surface area (Å²) in [6.45, 7) is 4.70. The van der Waals surface area contributed by atoms with Crippen LogP contribution in [0.15, 0.2) is 36.4 Å². The van der Waals surface area contributed by atoms with Gasteiger partial charge in [0.2, 0.25) is 11.8 Å². The first-order valence-corrected chi connectivity index (χ1v) is 11.8. The van der Waals surface area contributed by atoms with Crippen molar-refractivity contribution in [3.63, 3.8) is 0 Å². The lowest BCUT2D eigenvalue weighted by molar-refractivity contribution is -0.129. The number of para-hydroxylation sites is 2. The van der Waals surface area contributed by atoms with Gasteiger partial charge in [0.05, 0.1) is 12.8 Å². The van der Waals surface area contributed by atoms with Crippen molar-refractivity contribution in [1.29, 1.82) is 0 Å². The van der Waals surface area contributed by atoms with Gasteiger partial charge in [-0.3, -0.25) is 9.59 Å². The Hall–Kier alpha value is -2.30. The molecule has 2 amide bonds. The number of hydrogen-bond donors (Lipinski definition) is 2. The maximum atomic E-state index is 13.4. The fourth-order valence-electron chi connectivity index (χ4n) is 7.73. The number of carbonyl (C=O) groups is 2. The van der Waals surface area contributed by atoms with Crippen molar-refractivity contribution < 1.29 is 14.3 Å². The van der Waals surface area contributed by atoms with Crippen LogP contribution in [-0.4, -0.2) is 25.0 Å². The molecule has 5 heteroatoms. The van der Waals surface area contributed by atoms with E-state index in [-0.39, 0.29) is 34.6 Å². The van der Waals surface area contributed by atoms with E-state index >= 15 is 0 Å². The van der Waals surface area contributed by atoms with Crippen molar-refractivity contribution in [2.75, 3.05) is 12.4 Å². The molecule has 7 atom stereocenters. The summed E-state index contributed by atoms with van der Waals surface area (Å²) in [7, 11) is 1.64. The molecular formula is C26H34N2O3. The van der Waals surface area contributed by atoms with Gasteiger partial charge in [0.25, 0.3) is 0 Å². The monoisotopic (exact) mass is 422 g/mol. The number of nitrogens with one attached hydrogen (secondary N) is 2. The Balaban J connectivity index is 1.37. The zero-order chi connectivity index (χ0) is 21.8. The quantitative estimate of drug-likeness (QED) is 0.751. The largest absolute Gasteiger partial charge is 0.495 e. The van der Waals surface area contributed by atoms with E-state index in [0.717, 1.165) is 44.2 Å². The molecule has 5 nitrogen and oxygen atoms in total. The Morgan fingerprint density at radius 2 is 1.90 bits per heavy atom. The average Bonchev–Trinajstić information content (AvgIpc) is 3.12. The van der Waals surface area contributed by atoms with Gasteiger partial charge < -0.3 is 15.4 Å². The van der Waals surface area contributed by atoms with E-state index in [0.29, 0.717) is 23.5 Å². The average molecular weight is 423 g/mol. The van der Waals surface area contributed by atoms with Gasteiger partial charge in [0.1, 0.15) is 5.75 Å². The van der Waals surface area contributed by atoms with Gasteiger partial charge in [0.15, 0.2) is 0 Å². The third kappa shape index (κ3) is 3.11. The van der Waals surface area contributed by atoms with Crippen LogP contribution in [0, 0.1) is 34.5 Å². The summed E-state index contributed by atoms with van der Waals surface area (Å²) in [5, 5.41) is 6.39. The molecule has 1 aromatic rings. The van der Waals surface area contributed by atoms with Crippen LogP contribution in [0.5, 0.6) is 5.75 Å². The van der Waals surface area contributed by atoms with Crippen LogP contribution in [0.4, 0.5) is 5.69 Å². The number of benzene rings is 1. The van der Waals surface area contributed by atoms with Crippen LogP contribution in [0.2, 0.25) is 0 Å². The van der Waals surface area contributed by atoms with E-state index < -0.39 is 0 Å². The highest BCUT2D eigenvalue weighted by atomic mass is 16.5. The molecule has 3 fully saturated rings. The molecule has 4 aliphatic rings. The fraction of sp³-hybridized carbons (Fsp3) is 0.615. The van der Waals surface area contributed by atoms with E-state index in [2.05, 4.69) is 30.6 Å². The van der Waals surface area contributed by atoms with Crippen LogP contribution in [0.25, 0.3) is 0 Å². The van der Waals surface area contributed by atoms with E-state index in [1.807, 2.05) is 24.3 Å². The molecule has 5 unspecified atom stereocenters. The van der Waals surface area contributed by atoms with Gasteiger partial charge >= 0.3 is 0 Å². The van der Waals surface area contributed by atoms with Gasteiger partial charge in [-0.1, -0.05) is 32.1 Å². The molecule has 1 aliphatic heterocycles. The number of methoxy groups -OCH3 is 1. The third-order valence-electron chi connectivity index (χ3n) is 9.37. The van der Waals surface area contributed by atoms with Gasteiger partial charge in [0, 0.05) is 17.4 Å². The summed E-state index contributed by atoms with van der Waals surface area (Å²) >= 11 is 0. The molecule has 1 heterocycles. The lowest BCUT2D eigenvalue weighted by Crippen LogP contribution is -2.59. The first-order valence-electron chi connectivity index (χ1n) is 11.8. The van der Waals surface area contributed by atoms with Gasteiger partial charge in [-0.2, -0.15) is 0 Å². The lowest BCUT2D eigenvalue weighted by Gasteiger charge is -2.58. The van der Waals surface area contributed by atoms with Crippen molar-refractivity contribution in [2.24, 2.45) is 34.5 Å². The number of amides is 2. The maximum absolute atomic E-state index is 13.4. The molecule has 3 saturated carbocycles. The normalized spacial score (nSPS) is 40.9. The van der Waals surface area contributed by atoms with Crippen molar-refractivity contribution in [2.45, 2.75) is 58.4 Å². The number of fused-ring (bicyclic) bond motifs is 5. The predicted molar refractivity (Wildman–Crippen MR) is 121 cm³/mol. The standard InChI is InChI=1S/C26H34N2O3/c1-25-14-12-18-16(8-11-22-26(18,2)15-13-23(29)28-22)17(25)9-10-19(25)24(30)27-20-6-4-5-7-21(20)31-3/h4-7,13,15-19,22H,8-12,14H2,1-3H3,(H,27,30)(H,28,29)/t16?,17?,18?,19?,22?,25-,26+/m0/s1. The number of hydrogen-bond acceptors (Lipinski definition) is 3. The summed E-state index contributed by atoms with van der Waals surface area (Å²) < 4.78 is 5.43. The zero-order valence-electron chi connectivity index (χ0n) is 18.8. The molecular weight excluding hydrogens is 388 g/mol. The second-order valence-electron chi connectivity index (χ2n) is 10.6. The van der Waals surface area contributed by atoms with E-state index in [4.69, 9.17) is 4.74 Å². The fourth-order valence-corrected chi connectivity index (χ4v) is 7.73. The molecule has 0 saturated heterocycles. The summed E-state index contributed by atoms with van der Waals surface area (Å²) in [4.78, 5) is 25.3. The van der Waals surface area contributed by atoms with Crippen molar-refractivity contribution in [3.05, 3.63) is 36.4 Å². The summed E-state index contributed by atoms with van der Waals surface area (Å²) in [6, 6.07) is 7.89. The third-order valence-corrected chi connectivity index (χ3v) is 9.37. The lowest BCUT2D eigenvalue weighted by atomic mass is 9.48. The minimum Gasteiger partial charge on any atom is -0.495 e. The van der Waals surface area contributed by atoms with Crippen LogP contribution < -0.4 is 15.4 Å². The molecule has 0 spiro atoms. The Morgan fingerprint density at radius 1 is 1.10 bits per heavy atom. The Labute approximate surface area is 185 Å². The molecule has 1 aromatic carbocycles. The van der Waals surface area contributed by atoms with Crippen molar-refractivity contribution >= 4 is 17.5 Å². The first-order chi connectivity index (χ1) is 14.9. The number of anilines is 1. The molecule has 31 heavy (non-hydrogen) atoms. The highest BCUT2D eigenvalue weighted by Crippen LogP contribution is 2.65. The molecule has 0 bridgehead atoms. The van der Waals surface area contributed by atoms with E-state index in [9.17, 15) is 9.59 Å². The van der Waals surface area contributed by atoms with Gasteiger partial charge in [-0.05, 0) is 79.9 Å². The molecule has 166 valence electrons. The molecule has 0 radical (unpaired) electrons. The van der Waals surface area contributed by atoms with Crippen LogP contribution in [0.3, 0.4) is 0 Å². The topological polar surface area (TPSA) is 67.4 Å². The zero-order valence-corrected chi connectivity index (χ0v) is 18.8. The molecule has 0 aromatic heterocycles. The number of ether oxygens (including phenoxy) is 1. The van der Waals surface area contributed by atoms with Crippen LogP contribution in [0.1, 0.15) is 52.4 Å². The second-order valence-corrected chi connectivity index (χ2v) is 10.6. The van der Waals surface area contributed by atoms with E-state index in [1.54, 1.807) is 13.2 Å². The molecule has 3 aliphatic carbocycles. The van der Waals surface area contributed by atoms with Gasteiger partial charge in [-0.25, -0.2) is 0 Å². The van der Waals surface area contributed by atoms with Crippen molar-refractivity contribution in [3.8, 4) is 5.75 Å². The molecule has 5 rings (SSSR count). The molecule has 2 N–H and O–H groups in total. The van der Waals surface area contributed by atoms with Crippen molar-refractivity contribution in [1.82, 2.24) is 5.32 Å². The number of carbonyl (C=O) groups excluding carboxylic acids is 2. The Kier molecular flexibility index (Phi) is 4.91. The Bertz CT molecular complexity index is 927. The van der Waals surface area contributed by atoms with Crippen LogP contribution in [-0.2, 0) is 9.59 Å². The first kappa shape index (κ1) is 20.6. The minimum atomic E-state index is 0.0375. The maximum Gasteiger partial charge on any atom is 0.243 e. The highest BCUT2D eigenvalue weighted by molar-refractivity contribution is 5.94. The smallest absolute Gasteiger partial charge is 0.243 e. The second kappa shape index (κ2) is 7.39.